The summed E-state index contributed by atoms with van der Waals surface area (Å²) >= 11 is 0. The van der Waals surface area contributed by atoms with Gasteiger partial charge < -0.3 is 5.32 Å². The summed E-state index contributed by atoms with van der Waals surface area (Å²) in [5.41, 5.74) is 3.95. The summed E-state index contributed by atoms with van der Waals surface area (Å²) in [6.07, 6.45) is 2.36. The Bertz CT molecular complexity index is 900. The highest BCUT2D eigenvalue weighted by atomic mass is 16.1. The molecular weight excluding hydrogens is 308 g/mol. The zero-order valence-electron chi connectivity index (χ0n) is 14.4. The Labute approximate surface area is 148 Å². The number of benzene rings is 2. The van der Waals surface area contributed by atoms with E-state index in [-0.39, 0.29) is 11.8 Å². The van der Waals surface area contributed by atoms with Crippen molar-refractivity contribution in [2.75, 3.05) is 6.54 Å². The Kier molecular flexibility index (Phi) is 4.22. The molecule has 2 aromatic carbocycles. The molecule has 1 heterocycles. The number of carbonyl (C=O) groups excluding carboxylic acids is 1. The highest BCUT2D eigenvalue weighted by molar-refractivity contribution is 6.06. The van der Waals surface area contributed by atoms with Crippen molar-refractivity contribution in [2.45, 2.75) is 31.6 Å². The van der Waals surface area contributed by atoms with Crippen LogP contribution in [0, 0.1) is 0 Å². The lowest BCUT2D eigenvalue weighted by Crippen LogP contribution is -2.28. The quantitative estimate of drug-likeness (QED) is 0.740. The zero-order chi connectivity index (χ0) is 17.2. The Hall–Kier alpha value is -2.68. The van der Waals surface area contributed by atoms with E-state index in [0.29, 0.717) is 12.5 Å². The molecule has 25 heavy (non-hydrogen) atoms. The van der Waals surface area contributed by atoms with Gasteiger partial charge in [-0.05, 0) is 36.5 Å². The number of fused-ring (bicyclic) bond motifs is 1. The number of nitrogens with one attached hydrogen (secondary N) is 1. The number of rotatable bonds is 5. The lowest BCUT2D eigenvalue weighted by Gasteiger charge is -2.14. The predicted molar refractivity (Wildman–Crippen MR) is 101 cm³/mol. The summed E-state index contributed by atoms with van der Waals surface area (Å²) in [7, 11) is 0. The summed E-state index contributed by atoms with van der Waals surface area (Å²) in [6, 6.07) is 20.2. The molecule has 1 fully saturated rings. The van der Waals surface area contributed by atoms with Gasteiger partial charge in [0.1, 0.15) is 0 Å². The third kappa shape index (κ3) is 3.41. The van der Waals surface area contributed by atoms with E-state index >= 15 is 0 Å². The van der Waals surface area contributed by atoms with Crippen LogP contribution in [0.1, 0.15) is 53.2 Å². The van der Waals surface area contributed by atoms with Crippen LogP contribution in [0.15, 0.2) is 60.7 Å². The number of hydrogen-bond acceptors (Lipinski definition) is 2. The number of hydrogen-bond donors (Lipinski definition) is 1. The average molecular weight is 330 g/mol. The minimum atomic E-state index is -0.0109. The van der Waals surface area contributed by atoms with E-state index in [1.54, 1.807) is 0 Å². The van der Waals surface area contributed by atoms with Crippen molar-refractivity contribution in [3.63, 3.8) is 0 Å². The molecule has 1 aliphatic carbocycles. The summed E-state index contributed by atoms with van der Waals surface area (Å²) in [6.45, 7) is 2.76. The third-order valence-corrected chi connectivity index (χ3v) is 4.91. The van der Waals surface area contributed by atoms with Crippen LogP contribution >= 0.6 is 0 Å². The van der Waals surface area contributed by atoms with Gasteiger partial charge in [-0.25, -0.2) is 0 Å². The molecule has 4 rings (SSSR count). The lowest BCUT2D eigenvalue weighted by molar-refractivity contribution is 0.0953. The molecule has 1 amide bonds. The van der Waals surface area contributed by atoms with Crippen LogP contribution in [0.2, 0.25) is 0 Å². The van der Waals surface area contributed by atoms with Gasteiger partial charge in [-0.15, -0.1) is 0 Å². The van der Waals surface area contributed by atoms with E-state index in [0.717, 1.165) is 22.2 Å². The third-order valence-electron chi connectivity index (χ3n) is 4.91. The number of para-hydroxylation sites is 1. The van der Waals surface area contributed by atoms with Crippen LogP contribution in [-0.4, -0.2) is 17.4 Å². The Balaban J connectivity index is 1.57. The largest absolute Gasteiger partial charge is 0.351 e. The van der Waals surface area contributed by atoms with Crippen molar-refractivity contribution in [3.05, 3.63) is 77.5 Å². The van der Waals surface area contributed by atoms with E-state index in [9.17, 15) is 4.79 Å². The smallest absolute Gasteiger partial charge is 0.252 e. The summed E-state index contributed by atoms with van der Waals surface area (Å²) in [5, 5.41) is 4.04. The maximum Gasteiger partial charge on any atom is 0.252 e. The second-order valence-corrected chi connectivity index (χ2v) is 6.91. The SMILES string of the molecule is CC(CNC(=O)c1cc(C2CC2)nc2ccccc12)c1ccccc1. The average Bonchev–Trinajstić information content (AvgIpc) is 3.51. The molecule has 1 atom stereocenters. The van der Waals surface area contributed by atoms with Crippen LogP contribution in [0.5, 0.6) is 0 Å². The van der Waals surface area contributed by atoms with Gasteiger partial charge in [0.2, 0.25) is 0 Å². The second kappa shape index (κ2) is 6.67. The van der Waals surface area contributed by atoms with Crippen LogP contribution in [-0.2, 0) is 0 Å². The Morgan fingerprint density at radius 2 is 1.84 bits per heavy atom. The molecule has 3 heteroatoms. The fourth-order valence-corrected chi connectivity index (χ4v) is 3.21. The molecule has 1 aromatic heterocycles. The molecule has 0 spiro atoms. The maximum atomic E-state index is 12.9. The number of aromatic nitrogens is 1. The number of amides is 1. The van der Waals surface area contributed by atoms with Crippen molar-refractivity contribution >= 4 is 16.8 Å². The summed E-state index contributed by atoms with van der Waals surface area (Å²) in [5.74, 6) is 0.795. The molecule has 3 aromatic rings. The van der Waals surface area contributed by atoms with Crippen LogP contribution < -0.4 is 5.32 Å². The van der Waals surface area contributed by atoms with Gasteiger partial charge in [-0.1, -0.05) is 55.5 Å². The van der Waals surface area contributed by atoms with Crippen molar-refractivity contribution in [1.82, 2.24) is 10.3 Å². The molecule has 126 valence electrons. The zero-order valence-corrected chi connectivity index (χ0v) is 14.4. The molecule has 0 saturated heterocycles. The highest BCUT2D eigenvalue weighted by Gasteiger charge is 2.27. The van der Waals surface area contributed by atoms with E-state index in [2.05, 4.69) is 24.4 Å². The monoisotopic (exact) mass is 330 g/mol. The predicted octanol–water partition coefficient (Wildman–Crippen LogP) is 4.65. The van der Waals surface area contributed by atoms with Crippen LogP contribution in [0.4, 0.5) is 0 Å². The molecule has 1 N–H and O–H groups in total. The van der Waals surface area contributed by atoms with Gasteiger partial charge in [-0.3, -0.25) is 9.78 Å². The minimum Gasteiger partial charge on any atom is -0.351 e. The summed E-state index contributed by atoms with van der Waals surface area (Å²) < 4.78 is 0. The van der Waals surface area contributed by atoms with Gasteiger partial charge in [0.05, 0.1) is 11.1 Å². The first-order valence-electron chi connectivity index (χ1n) is 8.95. The molecule has 3 nitrogen and oxygen atoms in total. The Morgan fingerprint density at radius 1 is 1.12 bits per heavy atom. The molecule has 0 aliphatic heterocycles. The normalized spacial score (nSPS) is 15.1. The first-order chi connectivity index (χ1) is 12.2. The van der Waals surface area contributed by atoms with Crippen LogP contribution in [0.25, 0.3) is 10.9 Å². The summed E-state index contributed by atoms with van der Waals surface area (Å²) in [4.78, 5) is 17.6. The molecule has 1 unspecified atom stereocenters. The first-order valence-corrected chi connectivity index (χ1v) is 8.95. The minimum absolute atomic E-state index is 0.0109. The molecule has 1 saturated carbocycles. The van der Waals surface area contributed by atoms with Crippen molar-refractivity contribution < 1.29 is 4.79 Å². The van der Waals surface area contributed by atoms with E-state index < -0.39 is 0 Å². The van der Waals surface area contributed by atoms with E-state index in [1.807, 2.05) is 48.5 Å². The standard InChI is InChI=1S/C22H22N2O/c1-15(16-7-3-2-4-8-16)14-23-22(25)19-13-21(17-11-12-17)24-20-10-6-5-9-18(19)20/h2-10,13,15,17H,11-12,14H2,1H3,(H,23,25). The first kappa shape index (κ1) is 15.8. The fraction of sp³-hybridized carbons (Fsp3) is 0.273. The number of carbonyl (C=O) groups is 1. The fourth-order valence-electron chi connectivity index (χ4n) is 3.21. The van der Waals surface area contributed by atoms with Crippen molar-refractivity contribution in [1.29, 1.82) is 0 Å². The molecule has 1 aliphatic rings. The topological polar surface area (TPSA) is 42.0 Å². The van der Waals surface area contributed by atoms with Gasteiger partial charge in [0.25, 0.3) is 5.91 Å². The lowest BCUT2D eigenvalue weighted by atomic mass is 10.0. The van der Waals surface area contributed by atoms with Crippen LogP contribution in [0.3, 0.4) is 0 Å². The molecular formula is C22H22N2O. The van der Waals surface area contributed by atoms with Gasteiger partial charge in [0, 0.05) is 23.5 Å². The maximum absolute atomic E-state index is 12.9. The molecule has 0 bridgehead atoms. The van der Waals surface area contributed by atoms with Gasteiger partial charge >= 0.3 is 0 Å². The Morgan fingerprint density at radius 3 is 2.60 bits per heavy atom. The number of nitrogens with zero attached hydrogens (tertiary/aromatic N) is 1. The van der Waals surface area contributed by atoms with Gasteiger partial charge in [-0.2, -0.15) is 0 Å². The van der Waals surface area contributed by atoms with Gasteiger partial charge in [0.15, 0.2) is 0 Å². The van der Waals surface area contributed by atoms with Crippen molar-refractivity contribution in [3.8, 4) is 0 Å². The van der Waals surface area contributed by atoms with E-state index in [4.69, 9.17) is 4.98 Å². The second-order valence-electron chi connectivity index (χ2n) is 6.91. The number of pyridine rings is 1. The molecule has 0 radical (unpaired) electrons. The van der Waals surface area contributed by atoms with Crippen molar-refractivity contribution in [2.24, 2.45) is 0 Å². The highest BCUT2D eigenvalue weighted by Crippen LogP contribution is 2.40. The van der Waals surface area contributed by atoms with E-state index in [1.165, 1.54) is 18.4 Å².